The van der Waals surface area contributed by atoms with Crippen molar-refractivity contribution >= 4 is 38.9 Å². The number of hydrogen-bond acceptors (Lipinski definition) is 1. The lowest BCUT2D eigenvalue weighted by atomic mass is 9.91. The molecule has 3 nitrogen and oxygen atoms in total. The summed E-state index contributed by atoms with van der Waals surface area (Å²) in [5.74, 6) is 0. The van der Waals surface area contributed by atoms with Crippen LogP contribution in [-0.2, 0) is 4.79 Å². The molecule has 0 aliphatic heterocycles. The number of H-pyrrole nitrogens is 1. The highest BCUT2D eigenvalue weighted by atomic mass is 79.9. The summed E-state index contributed by atoms with van der Waals surface area (Å²) >= 11 is 3.47. The molecule has 1 amide bonds. The molecule has 3 rings (SSSR count). The molecule has 1 aliphatic rings. The van der Waals surface area contributed by atoms with Gasteiger partial charge in [0.15, 0.2) is 0 Å². The van der Waals surface area contributed by atoms with Crippen LogP contribution in [0.15, 0.2) is 28.9 Å². The minimum absolute atomic E-state index is 0.380. The summed E-state index contributed by atoms with van der Waals surface area (Å²) in [6, 6.07) is 6.45. The van der Waals surface area contributed by atoms with Gasteiger partial charge in [-0.2, -0.15) is 0 Å². The minimum Gasteiger partial charge on any atom is -0.359 e. The Kier molecular flexibility index (Phi) is 2.67. The first-order valence-electron chi connectivity index (χ1n) is 5.80. The molecule has 1 N–H and O–H groups in total. The topological polar surface area (TPSA) is 36.1 Å². The molecule has 0 atom stereocenters. The molecule has 1 aromatic carbocycles. The number of rotatable bonds is 3. The van der Waals surface area contributed by atoms with Gasteiger partial charge in [0, 0.05) is 27.6 Å². The van der Waals surface area contributed by atoms with Gasteiger partial charge in [0.1, 0.15) is 0 Å². The largest absolute Gasteiger partial charge is 0.359 e. The number of carbonyl (C=O) groups is 1. The zero-order valence-electron chi connectivity index (χ0n) is 9.32. The van der Waals surface area contributed by atoms with Crippen LogP contribution in [0.5, 0.6) is 0 Å². The molecule has 0 bridgehead atoms. The number of halogens is 1. The second-order valence-electron chi connectivity index (χ2n) is 4.46. The maximum Gasteiger partial charge on any atom is 0.214 e. The van der Waals surface area contributed by atoms with Crippen molar-refractivity contribution in [3.05, 3.63) is 28.9 Å². The first-order chi connectivity index (χ1) is 8.29. The van der Waals surface area contributed by atoms with Crippen molar-refractivity contribution in [1.29, 1.82) is 0 Å². The van der Waals surface area contributed by atoms with Crippen LogP contribution in [0.4, 0.5) is 5.69 Å². The zero-order chi connectivity index (χ0) is 11.8. The number of fused-ring (bicyclic) bond motifs is 1. The number of aromatic amines is 1. The number of anilines is 1. The minimum atomic E-state index is 0.380. The standard InChI is InChI=1S/C13H13BrN2O/c14-9-4-5-12-11(6-9)13(7-15-12)16(8-17)10-2-1-3-10/h4-8,10,15H,1-3H2. The summed E-state index contributed by atoms with van der Waals surface area (Å²) in [6.45, 7) is 0. The highest BCUT2D eigenvalue weighted by Crippen LogP contribution is 2.34. The first-order valence-corrected chi connectivity index (χ1v) is 6.59. The zero-order valence-corrected chi connectivity index (χ0v) is 10.9. The monoisotopic (exact) mass is 292 g/mol. The third kappa shape index (κ3) is 1.76. The predicted molar refractivity (Wildman–Crippen MR) is 72.2 cm³/mol. The Morgan fingerprint density at radius 3 is 2.88 bits per heavy atom. The molecule has 1 heterocycles. The van der Waals surface area contributed by atoms with Crippen LogP contribution in [0.25, 0.3) is 10.9 Å². The molecule has 4 heteroatoms. The molecule has 0 unspecified atom stereocenters. The molecular formula is C13H13BrN2O. The second-order valence-corrected chi connectivity index (χ2v) is 5.38. The van der Waals surface area contributed by atoms with E-state index >= 15 is 0 Å². The molecule has 1 fully saturated rings. The van der Waals surface area contributed by atoms with Gasteiger partial charge in [-0.05, 0) is 37.5 Å². The van der Waals surface area contributed by atoms with Crippen LogP contribution in [-0.4, -0.2) is 17.4 Å². The molecule has 0 radical (unpaired) electrons. The van der Waals surface area contributed by atoms with Gasteiger partial charge in [-0.1, -0.05) is 15.9 Å². The molecule has 2 aromatic rings. The van der Waals surface area contributed by atoms with Gasteiger partial charge in [0.2, 0.25) is 6.41 Å². The van der Waals surface area contributed by atoms with Gasteiger partial charge in [0.05, 0.1) is 5.69 Å². The third-order valence-electron chi connectivity index (χ3n) is 3.48. The van der Waals surface area contributed by atoms with Gasteiger partial charge >= 0.3 is 0 Å². The molecule has 88 valence electrons. The molecule has 1 saturated carbocycles. The SMILES string of the molecule is O=CN(c1c[nH]c2ccc(Br)cc12)C1CCC1. The van der Waals surface area contributed by atoms with Crippen LogP contribution in [0, 0.1) is 0 Å². The van der Waals surface area contributed by atoms with Crippen molar-refractivity contribution < 1.29 is 4.79 Å². The summed E-state index contributed by atoms with van der Waals surface area (Å²) < 4.78 is 1.03. The average molecular weight is 293 g/mol. The Bertz CT molecular complexity index is 560. The maximum absolute atomic E-state index is 11.3. The van der Waals surface area contributed by atoms with E-state index in [1.54, 1.807) is 0 Å². The van der Waals surface area contributed by atoms with Gasteiger partial charge in [0.25, 0.3) is 0 Å². The van der Waals surface area contributed by atoms with Crippen molar-refractivity contribution in [2.75, 3.05) is 4.90 Å². The summed E-state index contributed by atoms with van der Waals surface area (Å²) in [5.41, 5.74) is 2.05. The predicted octanol–water partition coefficient (Wildman–Crippen LogP) is 3.45. The van der Waals surface area contributed by atoms with Crippen molar-refractivity contribution in [3.63, 3.8) is 0 Å². The van der Waals surface area contributed by atoms with E-state index in [2.05, 4.69) is 27.0 Å². The first kappa shape index (κ1) is 10.8. The molecule has 1 aromatic heterocycles. The fourth-order valence-corrected chi connectivity index (χ4v) is 2.66. The highest BCUT2D eigenvalue weighted by molar-refractivity contribution is 9.10. The second kappa shape index (κ2) is 4.18. The molecular weight excluding hydrogens is 280 g/mol. The summed E-state index contributed by atoms with van der Waals surface area (Å²) in [6.07, 6.45) is 6.32. The fraction of sp³-hybridized carbons (Fsp3) is 0.308. The van der Waals surface area contributed by atoms with Crippen LogP contribution in [0.2, 0.25) is 0 Å². The number of carbonyl (C=O) groups excluding carboxylic acids is 1. The van der Waals surface area contributed by atoms with Gasteiger partial charge in [-0.25, -0.2) is 0 Å². The average Bonchev–Trinajstić information content (AvgIpc) is 2.66. The van der Waals surface area contributed by atoms with E-state index in [9.17, 15) is 4.79 Å². The van der Waals surface area contributed by atoms with E-state index in [0.717, 1.165) is 40.3 Å². The van der Waals surface area contributed by atoms with Crippen molar-refractivity contribution in [1.82, 2.24) is 4.98 Å². The Morgan fingerprint density at radius 2 is 2.24 bits per heavy atom. The highest BCUT2D eigenvalue weighted by Gasteiger charge is 2.26. The fourth-order valence-electron chi connectivity index (χ4n) is 2.30. The summed E-state index contributed by atoms with van der Waals surface area (Å²) in [4.78, 5) is 16.3. The quantitative estimate of drug-likeness (QED) is 0.865. The third-order valence-corrected chi connectivity index (χ3v) is 3.98. The normalized spacial score (nSPS) is 15.8. The number of benzene rings is 1. The molecule has 17 heavy (non-hydrogen) atoms. The number of nitrogens with one attached hydrogen (secondary N) is 1. The Morgan fingerprint density at radius 1 is 1.41 bits per heavy atom. The lowest BCUT2D eigenvalue weighted by molar-refractivity contribution is -0.108. The van der Waals surface area contributed by atoms with E-state index in [4.69, 9.17) is 0 Å². The number of amides is 1. The van der Waals surface area contributed by atoms with E-state index in [0.29, 0.717) is 6.04 Å². The van der Waals surface area contributed by atoms with Gasteiger partial charge < -0.3 is 9.88 Å². The Labute approximate surface area is 108 Å². The van der Waals surface area contributed by atoms with Gasteiger partial charge in [-0.15, -0.1) is 0 Å². The Balaban J connectivity index is 2.08. The van der Waals surface area contributed by atoms with E-state index in [-0.39, 0.29) is 0 Å². The maximum atomic E-state index is 11.3. The molecule has 1 aliphatic carbocycles. The smallest absolute Gasteiger partial charge is 0.214 e. The number of hydrogen-bond donors (Lipinski definition) is 1. The van der Waals surface area contributed by atoms with Crippen molar-refractivity contribution in [2.45, 2.75) is 25.3 Å². The van der Waals surface area contributed by atoms with E-state index < -0.39 is 0 Å². The molecule has 0 saturated heterocycles. The number of aromatic nitrogens is 1. The lowest BCUT2D eigenvalue weighted by Crippen LogP contribution is -2.39. The van der Waals surface area contributed by atoms with Crippen LogP contribution in [0.3, 0.4) is 0 Å². The summed E-state index contributed by atoms with van der Waals surface area (Å²) in [7, 11) is 0. The van der Waals surface area contributed by atoms with Gasteiger partial charge in [-0.3, -0.25) is 4.79 Å². The summed E-state index contributed by atoms with van der Waals surface area (Å²) in [5, 5.41) is 1.10. The lowest BCUT2D eigenvalue weighted by Gasteiger charge is -2.34. The number of nitrogens with zero attached hydrogens (tertiary/aromatic N) is 1. The van der Waals surface area contributed by atoms with Crippen LogP contribution < -0.4 is 4.90 Å². The van der Waals surface area contributed by atoms with Crippen LogP contribution in [0.1, 0.15) is 19.3 Å². The Hall–Kier alpha value is -1.29. The van der Waals surface area contributed by atoms with Crippen molar-refractivity contribution in [3.8, 4) is 0 Å². The van der Waals surface area contributed by atoms with E-state index in [1.165, 1.54) is 6.42 Å². The van der Waals surface area contributed by atoms with Crippen molar-refractivity contribution in [2.24, 2.45) is 0 Å². The van der Waals surface area contributed by atoms with E-state index in [1.807, 2.05) is 23.2 Å². The molecule has 0 spiro atoms. The van der Waals surface area contributed by atoms with Crippen LogP contribution >= 0.6 is 15.9 Å².